The molecule has 1 amide bonds. The second-order valence-electron chi connectivity index (χ2n) is 5.25. The molecule has 1 N–H and O–H groups in total. The molecule has 0 radical (unpaired) electrons. The molecule has 0 atom stereocenters. The third kappa shape index (κ3) is 5.15. The summed E-state index contributed by atoms with van der Waals surface area (Å²) in [5, 5.41) is 12.0. The molecule has 0 fully saturated rings. The Bertz CT molecular complexity index is 610. The molecule has 1 aromatic carbocycles. The number of aryl methyl sites for hydroxylation is 1. The van der Waals surface area contributed by atoms with Crippen molar-refractivity contribution in [3.05, 3.63) is 34.8 Å². The number of nitrogens with zero attached hydrogens (tertiary/aromatic N) is 2. The Morgan fingerprint density at radius 3 is 2.90 bits per heavy atom. The number of nitrogens with one attached hydrogen (secondary N) is 1. The first-order valence-electron chi connectivity index (χ1n) is 6.84. The zero-order valence-corrected chi connectivity index (χ0v) is 13.2. The van der Waals surface area contributed by atoms with Crippen LogP contribution in [0.4, 0.5) is 5.13 Å². The van der Waals surface area contributed by atoms with Gasteiger partial charge in [-0.15, -0.1) is 10.2 Å². The lowest BCUT2D eigenvalue weighted by Gasteiger charge is -2.04. The minimum absolute atomic E-state index is 0.0349. The predicted octanol–water partition coefficient (Wildman–Crippen LogP) is 3.41. The molecule has 1 aromatic heterocycles. The van der Waals surface area contributed by atoms with Crippen LogP contribution in [0.25, 0.3) is 0 Å². The second kappa shape index (κ2) is 7.17. The van der Waals surface area contributed by atoms with Gasteiger partial charge in [0.2, 0.25) is 11.0 Å². The maximum Gasteiger partial charge on any atom is 0.226 e. The van der Waals surface area contributed by atoms with Crippen molar-refractivity contribution in [2.75, 3.05) is 5.32 Å². The lowest BCUT2D eigenvalue weighted by Crippen LogP contribution is -2.13. The quantitative estimate of drug-likeness (QED) is 0.888. The lowest BCUT2D eigenvalue weighted by molar-refractivity contribution is -0.116. The molecular weight excluding hydrogens is 286 g/mol. The molecule has 2 rings (SSSR count). The Balaban J connectivity index is 1.87. The second-order valence-corrected chi connectivity index (χ2v) is 6.31. The number of aromatic nitrogens is 2. The standard InChI is InChI=1S/C15H19N3O2S/c1-10(2)7-13(19)16-15-18-17-14(21-15)9-20-12-6-4-5-11(3)8-12/h4-6,8,10H,7,9H2,1-3H3,(H,16,18,19). The van der Waals surface area contributed by atoms with Crippen molar-refractivity contribution in [3.8, 4) is 5.75 Å². The van der Waals surface area contributed by atoms with Gasteiger partial charge in [0.25, 0.3) is 0 Å². The highest BCUT2D eigenvalue weighted by molar-refractivity contribution is 7.15. The highest BCUT2D eigenvalue weighted by atomic mass is 32.1. The largest absolute Gasteiger partial charge is 0.486 e. The van der Waals surface area contributed by atoms with Crippen LogP contribution in [-0.4, -0.2) is 16.1 Å². The highest BCUT2D eigenvalue weighted by Gasteiger charge is 2.10. The van der Waals surface area contributed by atoms with Crippen LogP contribution in [0.5, 0.6) is 5.75 Å². The van der Waals surface area contributed by atoms with Gasteiger partial charge < -0.3 is 10.1 Å². The normalized spacial score (nSPS) is 10.7. The SMILES string of the molecule is Cc1cccc(OCc2nnc(NC(=O)CC(C)C)s2)c1. The molecule has 1 heterocycles. The number of rotatable bonds is 6. The monoisotopic (exact) mass is 305 g/mol. The fraction of sp³-hybridized carbons (Fsp3) is 0.400. The van der Waals surface area contributed by atoms with Gasteiger partial charge in [0.05, 0.1) is 0 Å². The van der Waals surface area contributed by atoms with Crippen molar-refractivity contribution in [3.63, 3.8) is 0 Å². The average molecular weight is 305 g/mol. The lowest BCUT2D eigenvalue weighted by atomic mass is 10.1. The first-order valence-corrected chi connectivity index (χ1v) is 7.66. The minimum Gasteiger partial charge on any atom is -0.486 e. The van der Waals surface area contributed by atoms with Crippen molar-refractivity contribution in [1.82, 2.24) is 10.2 Å². The molecule has 5 nitrogen and oxygen atoms in total. The van der Waals surface area contributed by atoms with E-state index in [2.05, 4.69) is 15.5 Å². The number of ether oxygens (including phenoxy) is 1. The summed E-state index contributed by atoms with van der Waals surface area (Å²) in [6.45, 7) is 6.36. The third-order valence-electron chi connectivity index (χ3n) is 2.66. The van der Waals surface area contributed by atoms with Gasteiger partial charge in [0, 0.05) is 6.42 Å². The van der Waals surface area contributed by atoms with E-state index in [1.807, 2.05) is 45.0 Å². The molecular formula is C15H19N3O2S. The summed E-state index contributed by atoms with van der Waals surface area (Å²) in [5.74, 6) is 1.09. The van der Waals surface area contributed by atoms with Crippen LogP contribution in [0.1, 0.15) is 30.8 Å². The molecule has 0 bridgehead atoms. The Morgan fingerprint density at radius 2 is 2.19 bits per heavy atom. The van der Waals surface area contributed by atoms with Crippen LogP contribution in [0, 0.1) is 12.8 Å². The first-order chi connectivity index (χ1) is 10.0. The van der Waals surface area contributed by atoms with E-state index in [1.165, 1.54) is 11.3 Å². The van der Waals surface area contributed by atoms with E-state index < -0.39 is 0 Å². The number of hydrogen-bond donors (Lipinski definition) is 1. The van der Waals surface area contributed by atoms with Crippen LogP contribution in [0.15, 0.2) is 24.3 Å². The van der Waals surface area contributed by atoms with E-state index in [1.54, 1.807) is 0 Å². The zero-order chi connectivity index (χ0) is 15.2. The summed E-state index contributed by atoms with van der Waals surface area (Å²) >= 11 is 1.33. The van der Waals surface area contributed by atoms with Gasteiger partial charge in [-0.25, -0.2) is 0 Å². The topological polar surface area (TPSA) is 64.1 Å². The number of anilines is 1. The number of benzene rings is 1. The van der Waals surface area contributed by atoms with Crippen LogP contribution in [-0.2, 0) is 11.4 Å². The number of carbonyl (C=O) groups excluding carboxylic acids is 1. The molecule has 0 unspecified atom stereocenters. The Morgan fingerprint density at radius 1 is 1.38 bits per heavy atom. The molecule has 2 aromatic rings. The van der Waals surface area contributed by atoms with E-state index in [9.17, 15) is 4.79 Å². The van der Waals surface area contributed by atoms with Crippen molar-refractivity contribution in [2.45, 2.75) is 33.8 Å². The van der Waals surface area contributed by atoms with Crippen LogP contribution in [0.3, 0.4) is 0 Å². The number of hydrogen-bond acceptors (Lipinski definition) is 5. The summed E-state index contributed by atoms with van der Waals surface area (Å²) in [7, 11) is 0. The van der Waals surface area contributed by atoms with Crippen LogP contribution in [0.2, 0.25) is 0 Å². The smallest absolute Gasteiger partial charge is 0.226 e. The van der Waals surface area contributed by atoms with Gasteiger partial charge in [-0.2, -0.15) is 0 Å². The van der Waals surface area contributed by atoms with Gasteiger partial charge in [0.1, 0.15) is 12.4 Å². The maximum absolute atomic E-state index is 11.6. The molecule has 0 aliphatic heterocycles. The predicted molar refractivity (Wildman–Crippen MR) is 83.5 cm³/mol. The van der Waals surface area contributed by atoms with Crippen molar-refractivity contribution < 1.29 is 9.53 Å². The molecule has 0 spiro atoms. The molecule has 0 aliphatic rings. The average Bonchev–Trinajstić information content (AvgIpc) is 2.83. The van der Waals surface area contributed by atoms with E-state index in [0.717, 1.165) is 16.3 Å². The van der Waals surface area contributed by atoms with Crippen LogP contribution < -0.4 is 10.1 Å². The summed E-state index contributed by atoms with van der Waals surface area (Å²) in [4.78, 5) is 11.6. The van der Waals surface area contributed by atoms with E-state index in [4.69, 9.17) is 4.74 Å². The highest BCUT2D eigenvalue weighted by Crippen LogP contribution is 2.19. The molecule has 6 heteroatoms. The summed E-state index contributed by atoms with van der Waals surface area (Å²) in [6.07, 6.45) is 0.481. The van der Waals surface area contributed by atoms with E-state index in [-0.39, 0.29) is 5.91 Å². The fourth-order valence-electron chi connectivity index (χ4n) is 1.75. The molecule has 0 saturated carbocycles. The van der Waals surface area contributed by atoms with Crippen molar-refractivity contribution in [2.24, 2.45) is 5.92 Å². The Labute approximate surface area is 128 Å². The summed E-state index contributed by atoms with van der Waals surface area (Å²) in [6, 6.07) is 7.83. The van der Waals surface area contributed by atoms with E-state index in [0.29, 0.717) is 24.1 Å². The van der Waals surface area contributed by atoms with Gasteiger partial charge in [0.15, 0.2) is 5.01 Å². The Kier molecular flexibility index (Phi) is 5.27. The molecule has 21 heavy (non-hydrogen) atoms. The third-order valence-corrected chi connectivity index (χ3v) is 3.47. The van der Waals surface area contributed by atoms with Gasteiger partial charge in [-0.1, -0.05) is 37.3 Å². The molecule has 112 valence electrons. The van der Waals surface area contributed by atoms with Crippen molar-refractivity contribution >= 4 is 22.4 Å². The first kappa shape index (κ1) is 15.4. The summed E-state index contributed by atoms with van der Waals surface area (Å²) < 4.78 is 5.65. The fourth-order valence-corrected chi connectivity index (χ4v) is 2.42. The van der Waals surface area contributed by atoms with Gasteiger partial charge in [-0.05, 0) is 30.5 Å². The Hall–Kier alpha value is -1.95. The molecule has 0 saturated heterocycles. The van der Waals surface area contributed by atoms with Gasteiger partial charge in [-0.3, -0.25) is 4.79 Å². The number of amides is 1. The number of carbonyl (C=O) groups is 1. The zero-order valence-electron chi connectivity index (χ0n) is 12.4. The van der Waals surface area contributed by atoms with Crippen molar-refractivity contribution in [1.29, 1.82) is 0 Å². The summed E-state index contributed by atoms with van der Waals surface area (Å²) in [5.41, 5.74) is 1.14. The van der Waals surface area contributed by atoms with Gasteiger partial charge >= 0.3 is 0 Å². The maximum atomic E-state index is 11.6. The van der Waals surface area contributed by atoms with E-state index >= 15 is 0 Å². The minimum atomic E-state index is -0.0349. The molecule has 0 aliphatic carbocycles. The van der Waals surface area contributed by atoms with Crippen LogP contribution >= 0.6 is 11.3 Å².